The molecule has 0 aromatic heterocycles. The van der Waals surface area contributed by atoms with Crippen LogP contribution in [0.2, 0.25) is 0 Å². The van der Waals surface area contributed by atoms with Crippen molar-refractivity contribution >= 4 is 5.69 Å². The molecule has 3 nitrogen and oxygen atoms in total. The van der Waals surface area contributed by atoms with Crippen molar-refractivity contribution in [3.8, 4) is 17.6 Å². The molecular weight excluding hydrogens is 370 g/mol. The van der Waals surface area contributed by atoms with Crippen LogP contribution in [-0.4, -0.2) is 13.7 Å². The minimum absolute atomic E-state index is 0.0756. The average molecular weight is 398 g/mol. The summed E-state index contributed by atoms with van der Waals surface area (Å²) in [6.45, 7) is 4.88. The summed E-state index contributed by atoms with van der Waals surface area (Å²) in [6, 6.07) is 26.3. The molecule has 3 aromatic carbocycles. The molecule has 0 saturated heterocycles. The number of benzene rings is 3. The van der Waals surface area contributed by atoms with Gasteiger partial charge in [-0.1, -0.05) is 66.4 Å². The van der Waals surface area contributed by atoms with Crippen molar-refractivity contribution in [2.45, 2.75) is 19.1 Å². The zero-order valence-electron chi connectivity index (χ0n) is 17.3. The normalized spacial score (nSPS) is 11.1. The van der Waals surface area contributed by atoms with Crippen LogP contribution in [0.15, 0.2) is 91.5 Å². The van der Waals surface area contributed by atoms with Gasteiger partial charge in [0.25, 0.3) is 0 Å². The van der Waals surface area contributed by atoms with Gasteiger partial charge in [-0.15, -0.1) is 6.58 Å². The van der Waals surface area contributed by atoms with E-state index in [4.69, 9.17) is 9.47 Å². The van der Waals surface area contributed by atoms with E-state index >= 15 is 0 Å². The number of anilines is 1. The second-order valence-electron chi connectivity index (χ2n) is 6.82. The highest BCUT2D eigenvalue weighted by molar-refractivity contribution is 5.51. The highest BCUT2D eigenvalue weighted by Crippen LogP contribution is 2.26. The SMILES string of the molecule is C=CCC(Nc1ccc(OC)cc1)c1ccccc1C#CCOCc1ccccc1. The van der Waals surface area contributed by atoms with Gasteiger partial charge in [-0.05, 0) is 47.9 Å². The van der Waals surface area contributed by atoms with Gasteiger partial charge in [0.05, 0.1) is 19.8 Å². The van der Waals surface area contributed by atoms with Crippen molar-refractivity contribution in [2.24, 2.45) is 0 Å². The van der Waals surface area contributed by atoms with Crippen molar-refractivity contribution in [1.29, 1.82) is 0 Å². The maximum absolute atomic E-state index is 5.69. The number of nitrogens with one attached hydrogen (secondary N) is 1. The predicted octanol–water partition coefficient (Wildman–Crippen LogP) is 5.99. The number of ether oxygens (including phenoxy) is 2. The monoisotopic (exact) mass is 397 g/mol. The van der Waals surface area contributed by atoms with Crippen LogP contribution in [0.25, 0.3) is 0 Å². The molecule has 3 aromatic rings. The number of rotatable bonds is 9. The molecule has 0 radical (unpaired) electrons. The molecule has 1 unspecified atom stereocenters. The molecule has 0 saturated carbocycles. The fraction of sp³-hybridized carbons (Fsp3) is 0.185. The third-order valence-electron chi connectivity index (χ3n) is 4.68. The van der Waals surface area contributed by atoms with Crippen LogP contribution >= 0.6 is 0 Å². The van der Waals surface area contributed by atoms with E-state index in [1.807, 2.05) is 78.9 Å². The third-order valence-corrected chi connectivity index (χ3v) is 4.68. The highest BCUT2D eigenvalue weighted by Gasteiger charge is 2.13. The Morgan fingerprint density at radius 3 is 2.43 bits per heavy atom. The molecule has 0 bridgehead atoms. The van der Waals surface area contributed by atoms with Gasteiger partial charge in [0.2, 0.25) is 0 Å². The van der Waals surface area contributed by atoms with E-state index in [2.05, 4.69) is 29.8 Å². The molecule has 3 heteroatoms. The van der Waals surface area contributed by atoms with E-state index in [9.17, 15) is 0 Å². The zero-order chi connectivity index (χ0) is 21.0. The van der Waals surface area contributed by atoms with Gasteiger partial charge >= 0.3 is 0 Å². The lowest BCUT2D eigenvalue weighted by molar-refractivity contribution is 0.153. The first-order valence-electron chi connectivity index (χ1n) is 10.0. The van der Waals surface area contributed by atoms with E-state index in [1.165, 1.54) is 0 Å². The molecular formula is C27H27NO2. The van der Waals surface area contributed by atoms with Crippen molar-refractivity contribution < 1.29 is 9.47 Å². The van der Waals surface area contributed by atoms with E-state index < -0.39 is 0 Å². The quantitative estimate of drug-likeness (QED) is 0.273. The van der Waals surface area contributed by atoms with Gasteiger partial charge in [0, 0.05) is 11.3 Å². The van der Waals surface area contributed by atoms with Gasteiger partial charge in [-0.2, -0.15) is 0 Å². The first-order valence-corrected chi connectivity index (χ1v) is 10.0. The summed E-state index contributed by atoms with van der Waals surface area (Å²) >= 11 is 0. The molecule has 30 heavy (non-hydrogen) atoms. The van der Waals surface area contributed by atoms with Crippen molar-refractivity contribution in [3.05, 3.63) is 108 Å². The molecule has 3 rings (SSSR count). The van der Waals surface area contributed by atoms with Gasteiger partial charge in [-0.25, -0.2) is 0 Å². The Balaban J connectivity index is 1.68. The summed E-state index contributed by atoms with van der Waals surface area (Å²) in [6.07, 6.45) is 2.71. The summed E-state index contributed by atoms with van der Waals surface area (Å²) in [4.78, 5) is 0. The average Bonchev–Trinajstić information content (AvgIpc) is 2.80. The molecule has 0 fully saturated rings. The van der Waals surface area contributed by atoms with E-state index in [0.29, 0.717) is 13.2 Å². The Bertz CT molecular complexity index is 985. The maximum atomic E-state index is 5.69. The number of hydrogen-bond acceptors (Lipinski definition) is 3. The van der Waals surface area contributed by atoms with Gasteiger partial charge in [0.1, 0.15) is 12.4 Å². The smallest absolute Gasteiger partial charge is 0.119 e. The molecule has 0 amide bonds. The van der Waals surface area contributed by atoms with Crippen molar-refractivity contribution in [3.63, 3.8) is 0 Å². The van der Waals surface area contributed by atoms with Crippen LogP contribution in [0.1, 0.15) is 29.2 Å². The summed E-state index contributed by atoms with van der Waals surface area (Å²) in [7, 11) is 1.67. The summed E-state index contributed by atoms with van der Waals surface area (Å²) in [5.41, 5.74) is 4.31. The van der Waals surface area contributed by atoms with Crippen LogP contribution in [-0.2, 0) is 11.3 Å². The third kappa shape index (κ3) is 6.27. The maximum Gasteiger partial charge on any atom is 0.119 e. The lowest BCUT2D eigenvalue weighted by atomic mass is 9.97. The summed E-state index contributed by atoms with van der Waals surface area (Å²) in [5.74, 6) is 7.25. The summed E-state index contributed by atoms with van der Waals surface area (Å²) in [5, 5.41) is 3.59. The van der Waals surface area contributed by atoms with Gasteiger partial charge in [-0.3, -0.25) is 0 Å². The lowest BCUT2D eigenvalue weighted by Gasteiger charge is -2.20. The van der Waals surface area contributed by atoms with Gasteiger partial charge < -0.3 is 14.8 Å². The Morgan fingerprint density at radius 2 is 1.70 bits per heavy atom. The van der Waals surface area contributed by atoms with Crippen LogP contribution in [0.3, 0.4) is 0 Å². The highest BCUT2D eigenvalue weighted by atomic mass is 16.5. The molecule has 0 aliphatic carbocycles. The fourth-order valence-electron chi connectivity index (χ4n) is 3.16. The fourth-order valence-corrected chi connectivity index (χ4v) is 3.16. The van der Waals surface area contributed by atoms with Crippen LogP contribution in [0, 0.1) is 11.8 Å². The van der Waals surface area contributed by atoms with Crippen LogP contribution in [0.4, 0.5) is 5.69 Å². The van der Waals surface area contributed by atoms with Crippen molar-refractivity contribution in [2.75, 3.05) is 19.0 Å². The predicted molar refractivity (Wildman–Crippen MR) is 124 cm³/mol. The topological polar surface area (TPSA) is 30.5 Å². The standard InChI is InChI=1S/C27H27NO2/c1-3-10-27(28-24-16-18-25(29-2)19-17-24)26-15-8-7-13-23(26)14-9-20-30-21-22-11-5-4-6-12-22/h3-8,11-13,15-19,27-28H,1,10,20-21H2,2H3. The van der Waals surface area contributed by atoms with Gasteiger partial charge in [0.15, 0.2) is 0 Å². The molecule has 1 atom stereocenters. The van der Waals surface area contributed by atoms with E-state index in [0.717, 1.165) is 34.5 Å². The Kier molecular flexibility index (Phi) is 8.14. The van der Waals surface area contributed by atoms with Crippen LogP contribution in [0.5, 0.6) is 5.75 Å². The molecule has 152 valence electrons. The molecule has 0 heterocycles. The minimum Gasteiger partial charge on any atom is -0.497 e. The second-order valence-corrected chi connectivity index (χ2v) is 6.82. The molecule has 0 spiro atoms. The Labute approximate surface area is 179 Å². The minimum atomic E-state index is 0.0756. The first-order chi connectivity index (χ1) is 14.8. The molecule has 0 aliphatic rings. The summed E-state index contributed by atoms with van der Waals surface area (Å²) < 4.78 is 10.9. The first kappa shape index (κ1) is 21.2. The zero-order valence-corrected chi connectivity index (χ0v) is 17.3. The Morgan fingerprint density at radius 1 is 0.967 bits per heavy atom. The largest absolute Gasteiger partial charge is 0.497 e. The van der Waals surface area contributed by atoms with Crippen molar-refractivity contribution in [1.82, 2.24) is 0 Å². The molecule has 1 N–H and O–H groups in total. The lowest BCUT2D eigenvalue weighted by Crippen LogP contribution is -2.11. The van der Waals surface area contributed by atoms with E-state index in [1.54, 1.807) is 7.11 Å². The number of methoxy groups -OCH3 is 1. The molecule has 0 aliphatic heterocycles. The second kappa shape index (κ2) is 11.5. The van der Waals surface area contributed by atoms with E-state index in [-0.39, 0.29) is 6.04 Å². The Hall–Kier alpha value is -3.48. The number of hydrogen-bond donors (Lipinski definition) is 1. The van der Waals surface area contributed by atoms with Crippen LogP contribution < -0.4 is 10.1 Å².